The molecule has 2 aromatic rings. The van der Waals surface area contributed by atoms with Gasteiger partial charge in [0.05, 0.1) is 6.20 Å². The number of sulfonamides is 1. The molecule has 0 N–H and O–H groups in total. The van der Waals surface area contributed by atoms with Crippen molar-refractivity contribution in [2.24, 2.45) is 0 Å². The number of nitrogens with zero attached hydrogens (tertiary/aromatic N) is 2. The number of hydrogen-bond donors (Lipinski definition) is 0. The number of piperidine rings is 1. The van der Waals surface area contributed by atoms with Crippen LogP contribution in [-0.2, 0) is 10.0 Å². The van der Waals surface area contributed by atoms with Gasteiger partial charge in [0.25, 0.3) is 0 Å². The Hall–Kier alpha value is -1.99. The van der Waals surface area contributed by atoms with E-state index in [1.54, 1.807) is 0 Å². The number of benzene rings is 1. The fraction of sp³-hybridized carbons (Fsp3) is 0.389. The molecule has 1 aliphatic rings. The third kappa shape index (κ3) is 3.99. The second-order valence-corrected chi connectivity index (χ2v) is 8.27. The van der Waals surface area contributed by atoms with Crippen LogP contribution in [0.3, 0.4) is 0 Å². The van der Waals surface area contributed by atoms with Gasteiger partial charge in [0.1, 0.15) is 22.6 Å². The number of pyridine rings is 1. The van der Waals surface area contributed by atoms with Crippen LogP contribution in [0.2, 0.25) is 0 Å². The Bertz CT molecular complexity index is 862. The molecule has 134 valence electrons. The summed E-state index contributed by atoms with van der Waals surface area (Å²) in [5.41, 5.74) is 2.19. The highest BCUT2D eigenvalue weighted by molar-refractivity contribution is 7.89. The van der Waals surface area contributed by atoms with E-state index in [1.165, 1.54) is 10.5 Å². The topological polar surface area (TPSA) is 59.5 Å². The zero-order chi connectivity index (χ0) is 18.0. The van der Waals surface area contributed by atoms with Crippen LogP contribution in [0.5, 0.6) is 5.75 Å². The maximum atomic E-state index is 13.3. The van der Waals surface area contributed by atoms with Crippen LogP contribution in [0, 0.1) is 19.7 Å². The smallest absolute Gasteiger partial charge is 0.244 e. The minimum absolute atomic E-state index is 0.0300. The van der Waals surface area contributed by atoms with E-state index >= 15 is 0 Å². The van der Waals surface area contributed by atoms with Crippen LogP contribution in [0.1, 0.15) is 24.0 Å². The van der Waals surface area contributed by atoms with E-state index in [-0.39, 0.29) is 11.0 Å². The molecule has 0 saturated carbocycles. The lowest BCUT2D eigenvalue weighted by Crippen LogP contribution is -2.41. The second kappa shape index (κ2) is 7.09. The highest BCUT2D eigenvalue weighted by atomic mass is 32.2. The average molecular weight is 364 g/mol. The van der Waals surface area contributed by atoms with Gasteiger partial charge in [-0.05, 0) is 49.9 Å². The second-order valence-electron chi connectivity index (χ2n) is 6.33. The van der Waals surface area contributed by atoms with Crippen LogP contribution in [0.4, 0.5) is 4.39 Å². The molecule has 0 atom stereocenters. The molecule has 7 heteroatoms. The number of rotatable bonds is 4. The quantitative estimate of drug-likeness (QED) is 0.837. The van der Waals surface area contributed by atoms with Crippen LogP contribution in [0.15, 0.2) is 41.6 Å². The predicted octanol–water partition coefficient (Wildman–Crippen LogP) is 3.07. The van der Waals surface area contributed by atoms with Crippen molar-refractivity contribution in [3.05, 3.63) is 53.6 Å². The Morgan fingerprint density at radius 2 is 1.88 bits per heavy atom. The molecule has 0 unspecified atom stereocenters. The maximum absolute atomic E-state index is 13.3. The Morgan fingerprint density at radius 3 is 2.56 bits per heavy atom. The van der Waals surface area contributed by atoms with Crippen molar-refractivity contribution >= 4 is 10.0 Å². The van der Waals surface area contributed by atoms with Crippen LogP contribution < -0.4 is 4.74 Å². The number of halogens is 1. The first-order valence-corrected chi connectivity index (χ1v) is 9.65. The molecule has 0 amide bonds. The van der Waals surface area contributed by atoms with Crippen molar-refractivity contribution in [1.82, 2.24) is 9.29 Å². The third-order valence-corrected chi connectivity index (χ3v) is 6.22. The molecule has 1 aromatic heterocycles. The van der Waals surface area contributed by atoms with Gasteiger partial charge in [-0.1, -0.05) is 12.1 Å². The number of aryl methyl sites for hydroxylation is 2. The van der Waals surface area contributed by atoms with Gasteiger partial charge in [-0.15, -0.1) is 0 Å². The summed E-state index contributed by atoms with van der Waals surface area (Å²) in [4.78, 5) is 3.52. The van der Waals surface area contributed by atoms with E-state index in [9.17, 15) is 12.8 Å². The highest BCUT2D eigenvalue weighted by Gasteiger charge is 2.30. The Balaban J connectivity index is 1.66. The van der Waals surface area contributed by atoms with Gasteiger partial charge in [0.2, 0.25) is 10.0 Å². The predicted molar refractivity (Wildman–Crippen MR) is 92.5 cm³/mol. The van der Waals surface area contributed by atoms with Crippen molar-refractivity contribution < 1.29 is 17.5 Å². The maximum Gasteiger partial charge on any atom is 0.244 e. The minimum Gasteiger partial charge on any atom is -0.490 e. The lowest BCUT2D eigenvalue weighted by atomic mass is 10.1. The van der Waals surface area contributed by atoms with E-state index in [1.807, 2.05) is 32.0 Å². The molecule has 0 aliphatic carbocycles. The summed E-state index contributed by atoms with van der Waals surface area (Å²) < 4.78 is 45.9. The van der Waals surface area contributed by atoms with Crippen molar-refractivity contribution in [1.29, 1.82) is 0 Å². The Morgan fingerprint density at radius 1 is 1.16 bits per heavy atom. The molecule has 3 rings (SSSR count). The Labute approximate surface area is 147 Å². The molecule has 0 radical (unpaired) electrons. The number of ether oxygens (including phenoxy) is 1. The third-order valence-electron chi connectivity index (χ3n) is 4.36. The summed E-state index contributed by atoms with van der Waals surface area (Å²) in [5, 5.41) is 0. The monoisotopic (exact) mass is 364 g/mol. The van der Waals surface area contributed by atoms with Gasteiger partial charge in [0, 0.05) is 19.3 Å². The zero-order valence-corrected chi connectivity index (χ0v) is 15.1. The van der Waals surface area contributed by atoms with Gasteiger partial charge in [-0.25, -0.2) is 12.8 Å². The summed E-state index contributed by atoms with van der Waals surface area (Å²) in [5.74, 6) is 0.185. The molecule has 0 bridgehead atoms. The molecular weight excluding hydrogens is 343 g/mol. The number of aromatic nitrogens is 1. The highest BCUT2D eigenvalue weighted by Crippen LogP contribution is 2.26. The van der Waals surface area contributed by atoms with E-state index in [0.717, 1.165) is 29.1 Å². The van der Waals surface area contributed by atoms with E-state index in [0.29, 0.717) is 25.9 Å². The van der Waals surface area contributed by atoms with E-state index in [2.05, 4.69) is 4.98 Å². The summed E-state index contributed by atoms with van der Waals surface area (Å²) in [6.07, 6.45) is 3.32. The van der Waals surface area contributed by atoms with Crippen molar-refractivity contribution in [2.45, 2.75) is 37.7 Å². The lowest BCUT2D eigenvalue weighted by molar-refractivity contribution is 0.134. The van der Waals surface area contributed by atoms with E-state index < -0.39 is 15.8 Å². The SMILES string of the molecule is Cc1ccc(C)c(OC2CCN(S(=O)(=O)c3cncc(F)c3)CC2)c1. The molecule has 0 spiro atoms. The fourth-order valence-electron chi connectivity index (χ4n) is 2.89. The summed E-state index contributed by atoms with van der Waals surface area (Å²) in [7, 11) is -3.72. The van der Waals surface area contributed by atoms with E-state index in [4.69, 9.17) is 4.74 Å². The largest absolute Gasteiger partial charge is 0.490 e. The van der Waals surface area contributed by atoms with Gasteiger partial charge < -0.3 is 4.74 Å². The van der Waals surface area contributed by atoms with Crippen molar-refractivity contribution in [2.75, 3.05) is 13.1 Å². The van der Waals surface area contributed by atoms with Crippen LogP contribution in [-0.4, -0.2) is 36.9 Å². The van der Waals surface area contributed by atoms with Crippen LogP contribution in [0.25, 0.3) is 0 Å². The molecular formula is C18H21FN2O3S. The standard InChI is InChI=1S/C18H21FN2O3S/c1-13-3-4-14(2)18(9-13)24-16-5-7-21(8-6-16)25(22,23)17-10-15(19)11-20-12-17/h3-4,9-12,16H,5-8H2,1-2H3. The van der Waals surface area contributed by atoms with Crippen molar-refractivity contribution in [3.8, 4) is 5.75 Å². The lowest BCUT2D eigenvalue weighted by Gasteiger charge is -2.31. The zero-order valence-electron chi connectivity index (χ0n) is 14.3. The van der Waals surface area contributed by atoms with Gasteiger partial charge in [-0.3, -0.25) is 4.98 Å². The number of hydrogen-bond acceptors (Lipinski definition) is 4. The molecule has 1 aromatic carbocycles. The first kappa shape index (κ1) is 17.8. The van der Waals surface area contributed by atoms with Crippen molar-refractivity contribution in [3.63, 3.8) is 0 Å². The summed E-state index contributed by atoms with van der Waals surface area (Å²) in [6.45, 7) is 4.68. The molecule has 1 saturated heterocycles. The molecule has 25 heavy (non-hydrogen) atoms. The average Bonchev–Trinajstić information content (AvgIpc) is 2.59. The normalized spacial score (nSPS) is 16.8. The van der Waals surface area contributed by atoms with Gasteiger partial charge in [0.15, 0.2) is 0 Å². The first-order chi connectivity index (χ1) is 11.9. The molecule has 1 aliphatic heterocycles. The van der Waals surface area contributed by atoms with Gasteiger partial charge >= 0.3 is 0 Å². The molecule has 2 heterocycles. The van der Waals surface area contributed by atoms with Gasteiger partial charge in [-0.2, -0.15) is 4.31 Å². The minimum atomic E-state index is -3.72. The first-order valence-electron chi connectivity index (χ1n) is 8.21. The fourth-order valence-corrected chi connectivity index (χ4v) is 4.33. The molecule has 5 nitrogen and oxygen atoms in total. The van der Waals surface area contributed by atoms with Crippen LogP contribution >= 0.6 is 0 Å². The Kier molecular flexibility index (Phi) is 5.06. The summed E-state index contributed by atoms with van der Waals surface area (Å²) >= 11 is 0. The molecule has 1 fully saturated rings. The summed E-state index contributed by atoms with van der Waals surface area (Å²) in [6, 6.07) is 7.05.